The summed E-state index contributed by atoms with van der Waals surface area (Å²) in [5.74, 6) is -1.68. The zero-order chi connectivity index (χ0) is 19.8. The highest BCUT2D eigenvalue weighted by Gasteiger charge is 2.19. The third-order valence-electron chi connectivity index (χ3n) is 4.50. The molecule has 4 aromatic rings. The normalized spacial score (nSPS) is 11.9. The summed E-state index contributed by atoms with van der Waals surface area (Å²) in [6, 6.07) is 13.9. The summed E-state index contributed by atoms with van der Waals surface area (Å²) in [6.07, 6.45) is 1.82. The van der Waals surface area contributed by atoms with Gasteiger partial charge in [0, 0.05) is 33.9 Å². The smallest absolute Gasteiger partial charge is 0.170 e. The number of rotatable bonds is 3. The Balaban J connectivity index is 2.08. The number of aromatic amines is 1. The Hall–Kier alpha value is -3.38. The molecule has 4 N–H and O–H groups in total. The second-order valence-electron chi connectivity index (χ2n) is 6.30. The van der Waals surface area contributed by atoms with Gasteiger partial charge in [0.25, 0.3) is 0 Å². The van der Waals surface area contributed by atoms with Crippen LogP contribution in [0.5, 0.6) is 0 Å². The molecule has 0 bridgehead atoms. The highest BCUT2D eigenvalue weighted by Crippen LogP contribution is 2.39. The van der Waals surface area contributed by atoms with Crippen LogP contribution in [0.3, 0.4) is 0 Å². The van der Waals surface area contributed by atoms with Crippen molar-refractivity contribution >= 4 is 28.3 Å². The molecule has 1 aromatic heterocycles. The van der Waals surface area contributed by atoms with E-state index in [4.69, 9.17) is 17.3 Å². The van der Waals surface area contributed by atoms with Crippen LogP contribution in [0.2, 0.25) is 5.02 Å². The summed E-state index contributed by atoms with van der Waals surface area (Å²) in [7, 11) is 0. The van der Waals surface area contributed by atoms with Crippen molar-refractivity contribution in [3.63, 3.8) is 0 Å². The van der Waals surface area contributed by atoms with Gasteiger partial charge in [0.05, 0.1) is 0 Å². The average molecular weight is 398 g/mol. The van der Waals surface area contributed by atoms with Gasteiger partial charge in [-0.05, 0) is 64.5 Å². The summed E-state index contributed by atoms with van der Waals surface area (Å²) < 4.78 is 27.9. The third kappa shape index (κ3) is 3.18. The Morgan fingerprint density at radius 3 is 2.43 bits per heavy atom. The van der Waals surface area contributed by atoms with Crippen LogP contribution in [-0.2, 0) is 0 Å². The maximum Gasteiger partial charge on any atom is 0.170 e. The molecule has 7 heteroatoms. The topological polar surface area (TPSA) is 74.4 Å². The first-order chi connectivity index (χ1) is 13.5. The first kappa shape index (κ1) is 18.0. The first-order valence-electron chi connectivity index (χ1n) is 8.31. The molecule has 140 valence electrons. The minimum atomic E-state index is -0.734. The van der Waals surface area contributed by atoms with Crippen LogP contribution >= 0.6 is 11.6 Å². The average Bonchev–Trinajstić information content (AvgIpc) is 3.13. The molecule has 0 aliphatic carbocycles. The second-order valence-corrected chi connectivity index (χ2v) is 6.74. The van der Waals surface area contributed by atoms with Crippen molar-refractivity contribution in [2.45, 2.75) is 0 Å². The van der Waals surface area contributed by atoms with Crippen molar-refractivity contribution in [1.29, 1.82) is 0 Å². The van der Waals surface area contributed by atoms with Gasteiger partial charge >= 0.3 is 0 Å². The van der Waals surface area contributed by atoms with E-state index in [1.54, 1.807) is 6.07 Å². The number of halogens is 3. The lowest BCUT2D eigenvalue weighted by molar-refractivity contribution is 0.318. The molecule has 1 heterocycles. The quantitative estimate of drug-likeness (QED) is 0.184. The molecule has 4 nitrogen and oxygen atoms in total. The Labute approximate surface area is 163 Å². The summed E-state index contributed by atoms with van der Waals surface area (Å²) in [4.78, 5) is 3.11. The molecule has 0 saturated heterocycles. The third-order valence-corrected chi connectivity index (χ3v) is 4.72. The number of benzene rings is 3. The van der Waals surface area contributed by atoms with E-state index in [9.17, 15) is 14.0 Å². The standard InChI is InChI=1S/C21H14ClF2N3O/c22-14-8-17(11-1-2-19-12(5-11)3-4-26-19)20(18(9-14)21(25)27-28)13-6-15(23)10-16(24)7-13/h1-10,26,28H,(H2,25,27). The maximum atomic E-state index is 13.9. The van der Waals surface area contributed by atoms with Gasteiger partial charge in [-0.3, -0.25) is 0 Å². The largest absolute Gasteiger partial charge is 0.409 e. The van der Waals surface area contributed by atoms with Gasteiger partial charge in [-0.1, -0.05) is 22.8 Å². The Bertz CT molecular complexity index is 1210. The molecule has 4 rings (SSSR count). The molecule has 0 radical (unpaired) electrons. The maximum absolute atomic E-state index is 13.9. The fourth-order valence-electron chi connectivity index (χ4n) is 3.32. The predicted molar refractivity (Wildman–Crippen MR) is 107 cm³/mol. The molecule has 0 saturated carbocycles. The number of nitrogens with zero attached hydrogens (tertiary/aromatic N) is 1. The van der Waals surface area contributed by atoms with Crippen molar-refractivity contribution in [1.82, 2.24) is 4.98 Å². The van der Waals surface area contributed by atoms with Crippen LogP contribution in [0.4, 0.5) is 8.78 Å². The number of nitrogens with two attached hydrogens (primary N) is 1. The molecule has 0 amide bonds. The van der Waals surface area contributed by atoms with Crippen molar-refractivity contribution in [2.24, 2.45) is 10.9 Å². The number of H-pyrrole nitrogens is 1. The molecule has 0 aliphatic rings. The number of amidine groups is 1. The summed E-state index contributed by atoms with van der Waals surface area (Å²) >= 11 is 6.27. The van der Waals surface area contributed by atoms with Gasteiger partial charge < -0.3 is 15.9 Å². The number of hydrogen-bond acceptors (Lipinski definition) is 2. The van der Waals surface area contributed by atoms with E-state index < -0.39 is 11.6 Å². The van der Waals surface area contributed by atoms with Crippen LogP contribution in [0, 0.1) is 11.6 Å². The lowest BCUT2D eigenvalue weighted by Crippen LogP contribution is -2.15. The van der Waals surface area contributed by atoms with Gasteiger partial charge in [-0.2, -0.15) is 0 Å². The fraction of sp³-hybridized carbons (Fsp3) is 0. The van der Waals surface area contributed by atoms with Gasteiger partial charge in [-0.15, -0.1) is 0 Å². The summed E-state index contributed by atoms with van der Waals surface area (Å²) in [5.41, 5.74) is 9.08. The zero-order valence-electron chi connectivity index (χ0n) is 14.4. The second kappa shape index (κ2) is 6.98. The highest BCUT2D eigenvalue weighted by molar-refractivity contribution is 6.31. The number of aromatic nitrogens is 1. The summed E-state index contributed by atoms with van der Waals surface area (Å²) in [6.45, 7) is 0. The number of fused-ring (bicyclic) bond motifs is 1. The lowest BCUT2D eigenvalue weighted by atomic mass is 9.89. The van der Waals surface area contributed by atoms with E-state index in [-0.39, 0.29) is 17.0 Å². The lowest BCUT2D eigenvalue weighted by Gasteiger charge is -2.16. The molecule has 0 spiro atoms. The molecule has 0 aliphatic heterocycles. The zero-order valence-corrected chi connectivity index (χ0v) is 15.1. The van der Waals surface area contributed by atoms with Crippen LogP contribution in [0.25, 0.3) is 33.2 Å². The number of oxime groups is 1. The van der Waals surface area contributed by atoms with Gasteiger partial charge in [0.2, 0.25) is 0 Å². The number of hydrogen-bond donors (Lipinski definition) is 3. The van der Waals surface area contributed by atoms with Gasteiger partial charge in [-0.25, -0.2) is 8.78 Å². The van der Waals surface area contributed by atoms with E-state index in [0.29, 0.717) is 16.1 Å². The van der Waals surface area contributed by atoms with Crippen molar-refractivity contribution in [2.75, 3.05) is 0 Å². The molecular formula is C21H14ClF2N3O. The van der Waals surface area contributed by atoms with Crippen molar-refractivity contribution < 1.29 is 14.0 Å². The summed E-state index contributed by atoms with van der Waals surface area (Å²) in [5, 5.41) is 13.5. The molecular weight excluding hydrogens is 384 g/mol. The number of nitrogens with one attached hydrogen (secondary N) is 1. The monoisotopic (exact) mass is 397 g/mol. The van der Waals surface area contributed by atoms with Crippen LogP contribution < -0.4 is 5.73 Å². The van der Waals surface area contributed by atoms with E-state index in [0.717, 1.165) is 22.5 Å². The molecule has 28 heavy (non-hydrogen) atoms. The first-order valence-corrected chi connectivity index (χ1v) is 8.69. The Kier molecular flexibility index (Phi) is 4.49. The Morgan fingerprint density at radius 1 is 0.964 bits per heavy atom. The predicted octanol–water partition coefficient (Wildman–Crippen LogP) is 5.53. The van der Waals surface area contributed by atoms with Gasteiger partial charge in [0.15, 0.2) is 5.84 Å². The van der Waals surface area contributed by atoms with E-state index >= 15 is 0 Å². The SMILES string of the molecule is N/C(=N\O)c1cc(Cl)cc(-c2ccc3[nH]ccc3c2)c1-c1cc(F)cc(F)c1. The fourth-order valence-corrected chi connectivity index (χ4v) is 3.54. The van der Waals surface area contributed by atoms with E-state index in [1.807, 2.05) is 30.5 Å². The minimum Gasteiger partial charge on any atom is -0.409 e. The highest BCUT2D eigenvalue weighted by atomic mass is 35.5. The Morgan fingerprint density at radius 2 is 1.71 bits per heavy atom. The molecule has 3 aromatic carbocycles. The molecule has 0 unspecified atom stereocenters. The van der Waals surface area contributed by atoms with Crippen LogP contribution in [-0.4, -0.2) is 16.0 Å². The van der Waals surface area contributed by atoms with Crippen molar-refractivity contribution in [3.8, 4) is 22.3 Å². The van der Waals surface area contributed by atoms with E-state index in [1.165, 1.54) is 18.2 Å². The molecule has 0 fully saturated rings. The van der Waals surface area contributed by atoms with Crippen molar-refractivity contribution in [3.05, 3.63) is 83.0 Å². The van der Waals surface area contributed by atoms with Crippen LogP contribution in [0.1, 0.15) is 5.56 Å². The van der Waals surface area contributed by atoms with Gasteiger partial charge in [0.1, 0.15) is 11.6 Å². The van der Waals surface area contributed by atoms with Crippen LogP contribution in [0.15, 0.2) is 65.9 Å². The minimum absolute atomic E-state index is 0.217. The van der Waals surface area contributed by atoms with E-state index in [2.05, 4.69) is 10.1 Å². The molecule has 0 atom stereocenters.